The number of carbonyl (C=O) groups excluding carboxylic acids is 2. The van der Waals surface area contributed by atoms with Crippen molar-refractivity contribution >= 4 is 11.8 Å². The number of amides is 2. The summed E-state index contributed by atoms with van der Waals surface area (Å²) >= 11 is 0. The Hall–Kier alpha value is -1.82. The van der Waals surface area contributed by atoms with Crippen molar-refractivity contribution in [3.8, 4) is 0 Å². The van der Waals surface area contributed by atoms with Crippen molar-refractivity contribution in [2.24, 2.45) is 5.92 Å². The van der Waals surface area contributed by atoms with Crippen LogP contribution in [0.15, 0.2) is 22.8 Å². The lowest BCUT2D eigenvalue weighted by Crippen LogP contribution is -2.51. The molecular formula is C15H25N3O3. The highest BCUT2D eigenvalue weighted by Gasteiger charge is 2.19. The third-order valence-electron chi connectivity index (χ3n) is 2.99. The minimum atomic E-state index is -0.459. The molecule has 0 aromatic carbocycles. The predicted molar refractivity (Wildman–Crippen MR) is 80.5 cm³/mol. The van der Waals surface area contributed by atoms with Gasteiger partial charge in [0.25, 0.3) is 0 Å². The molecule has 2 amide bonds. The van der Waals surface area contributed by atoms with E-state index in [1.54, 1.807) is 32.2 Å². The molecule has 0 bridgehead atoms. The molecule has 0 fully saturated rings. The average molecular weight is 295 g/mol. The number of rotatable bonds is 8. The Morgan fingerprint density at radius 3 is 2.24 bits per heavy atom. The summed E-state index contributed by atoms with van der Waals surface area (Å²) in [5, 5.41) is 8.56. The van der Waals surface area contributed by atoms with E-state index in [-0.39, 0.29) is 11.8 Å². The Balaban J connectivity index is 2.31. The second-order valence-electron chi connectivity index (χ2n) is 5.55. The largest absolute Gasteiger partial charge is 0.467 e. The van der Waals surface area contributed by atoms with Crippen molar-refractivity contribution < 1.29 is 14.0 Å². The molecule has 2 unspecified atom stereocenters. The first-order valence-corrected chi connectivity index (χ1v) is 7.24. The van der Waals surface area contributed by atoms with E-state index >= 15 is 0 Å². The third-order valence-corrected chi connectivity index (χ3v) is 2.99. The maximum atomic E-state index is 11.9. The van der Waals surface area contributed by atoms with Crippen LogP contribution >= 0.6 is 0 Å². The minimum absolute atomic E-state index is 0.102. The Bertz CT molecular complexity index is 443. The number of nitrogens with one attached hydrogen (secondary N) is 3. The molecule has 1 rings (SSSR count). The highest BCUT2D eigenvalue weighted by molar-refractivity contribution is 5.84. The van der Waals surface area contributed by atoms with E-state index in [1.807, 2.05) is 13.8 Å². The van der Waals surface area contributed by atoms with Crippen LogP contribution in [0.5, 0.6) is 0 Å². The second-order valence-corrected chi connectivity index (χ2v) is 5.55. The molecule has 0 saturated carbocycles. The fraction of sp³-hybridized carbons (Fsp3) is 0.600. The molecule has 21 heavy (non-hydrogen) atoms. The summed E-state index contributed by atoms with van der Waals surface area (Å²) in [6, 6.07) is 2.68. The van der Waals surface area contributed by atoms with Crippen molar-refractivity contribution in [1.29, 1.82) is 0 Å². The summed E-state index contributed by atoms with van der Waals surface area (Å²) in [6.45, 7) is 8.50. The Morgan fingerprint density at radius 1 is 1.10 bits per heavy atom. The molecule has 0 aliphatic carbocycles. The van der Waals surface area contributed by atoms with Gasteiger partial charge in [-0.1, -0.05) is 13.8 Å². The minimum Gasteiger partial charge on any atom is -0.467 e. The first-order valence-electron chi connectivity index (χ1n) is 7.24. The van der Waals surface area contributed by atoms with E-state index in [0.717, 1.165) is 0 Å². The molecule has 3 N–H and O–H groups in total. The lowest BCUT2D eigenvalue weighted by atomic mass is 10.2. The van der Waals surface area contributed by atoms with Crippen LogP contribution in [-0.4, -0.2) is 30.4 Å². The molecule has 1 aromatic rings. The Kier molecular flexibility index (Phi) is 6.94. The van der Waals surface area contributed by atoms with Crippen molar-refractivity contribution in [1.82, 2.24) is 16.0 Å². The fourth-order valence-corrected chi connectivity index (χ4v) is 1.72. The monoisotopic (exact) mass is 295 g/mol. The lowest BCUT2D eigenvalue weighted by molar-refractivity contribution is -0.125. The highest BCUT2D eigenvalue weighted by Crippen LogP contribution is 1.99. The Morgan fingerprint density at radius 2 is 1.71 bits per heavy atom. The van der Waals surface area contributed by atoms with Gasteiger partial charge >= 0.3 is 0 Å². The van der Waals surface area contributed by atoms with Crippen molar-refractivity contribution in [3.05, 3.63) is 24.2 Å². The van der Waals surface area contributed by atoms with Crippen LogP contribution in [0, 0.1) is 5.92 Å². The number of hydrogen-bond donors (Lipinski definition) is 3. The summed E-state index contributed by atoms with van der Waals surface area (Å²) in [5.74, 6) is 0.817. The van der Waals surface area contributed by atoms with Crippen LogP contribution < -0.4 is 16.0 Å². The molecule has 6 nitrogen and oxygen atoms in total. The molecule has 0 aliphatic heterocycles. The summed E-state index contributed by atoms with van der Waals surface area (Å²) < 4.78 is 5.14. The zero-order chi connectivity index (χ0) is 15.8. The van der Waals surface area contributed by atoms with Gasteiger partial charge in [-0.15, -0.1) is 0 Å². The van der Waals surface area contributed by atoms with Gasteiger partial charge in [0.15, 0.2) is 0 Å². The van der Waals surface area contributed by atoms with Gasteiger partial charge in [-0.05, 0) is 31.9 Å². The number of carbonyl (C=O) groups is 2. The van der Waals surface area contributed by atoms with Crippen LogP contribution in [0.1, 0.15) is 33.5 Å². The third kappa shape index (κ3) is 6.44. The van der Waals surface area contributed by atoms with E-state index in [9.17, 15) is 9.59 Å². The van der Waals surface area contributed by atoms with E-state index < -0.39 is 12.1 Å². The summed E-state index contributed by atoms with van der Waals surface area (Å²) in [4.78, 5) is 23.7. The average Bonchev–Trinajstić information content (AvgIpc) is 2.94. The number of hydrogen-bond acceptors (Lipinski definition) is 4. The molecule has 0 radical (unpaired) electrons. The molecule has 6 heteroatoms. The second kappa shape index (κ2) is 8.46. The van der Waals surface area contributed by atoms with Crippen LogP contribution in [0.25, 0.3) is 0 Å². The Labute approximate surface area is 125 Å². The summed E-state index contributed by atoms with van der Waals surface area (Å²) in [6.07, 6.45) is 1.56. The van der Waals surface area contributed by atoms with E-state index in [1.165, 1.54) is 0 Å². The normalized spacial score (nSPS) is 13.8. The van der Waals surface area contributed by atoms with Crippen molar-refractivity contribution in [2.75, 3.05) is 6.54 Å². The summed E-state index contributed by atoms with van der Waals surface area (Å²) in [7, 11) is 0. The van der Waals surface area contributed by atoms with Crippen LogP contribution in [0.4, 0.5) is 0 Å². The van der Waals surface area contributed by atoms with E-state index in [2.05, 4.69) is 16.0 Å². The first kappa shape index (κ1) is 17.2. The maximum absolute atomic E-state index is 11.9. The topological polar surface area (TPSA) is 83.4 Å². The number of furan rings is 1. The molecule has 0 saturated heterocycles. The van der Waals surface area contributed by atoms with Gasteiger partial charge in [-0.25, -0.2) is 0 Å². The van der Waals surface area contributed by atoms with Gasteiger partial charge in [0.1, 0.15) is 5.76 Å². The smallest absolute Gasteiger partial charge is 0.237 e. The van der Waals surface area contributed by atoms with Gasteiger partial charge in [-0.3, -0.25) is 14.9 Å². The molecule has 2 atom stereocenters. The van der Waals surface area contributed by atoms with Gasteiger partial charge in [0, 0.05) is 6.54 Å². The van der Waals surface area contributed by atoms with Gasteiger partial charge in [0.05, 0.1) is 24.9 Å². The molecule has 0 aliphatic rings. The molecule has 0 spiro atoms. The standard InChI is InChI=1S/C15H25N3O3/c1-10(2)8-16-14(19)11(3)18-12(4)15(20)17-9-13-6-5-7-21-13/h5-7,10-12,18H,8-9H2,1-4H3,(H,16,19)(H,17,20). The fourth-order valence-electron chi connectivity index (χ4n) is 1.72. The van der Waals surface area contributed by atoms with E-state index in [4.69, 9.17) is 4.42 Å². The first-order chi connectivity index (χ1) is 9.90. The molecular weight excluding hydrogens is 270 g/mol. The van der Waals surface area contributed by atoms with Gasteiger partial charge in [0.2, 0.25) is 11.8 Å². The molecule has 1 heterocycles. The zero-order valence-electron chi connectivity index (χ0n) is 13.1. The molecule has 1 aromatic heterocycles. The van der Waals surface area contributed by atoms with Gasteiger partial charge in [-0.2, -0.15) is 0 Å². The summed E-state index contributed by atoms with van der Waals surface area (Å²) in [5.41, 5.74) is 0. The SMILES string of the molecule is CC(C)CNC(=O)C(C)NC(C)C(=O)NCc1ccco1. The maximum Gasteiger partial charge on any atom is 0.237 e. The zero-order valence-corrected chi connectivity index (χ0v) is 13.1. The van der Waals surface area contributed by atoms with E-state index in [0.29, 0.717) is 24.8 Å². The predicted octanol–water partition coefficient (Wildman–Crippen LogP) is 1.03. The highest BCUT2D eigenvalue weighted by atomic mass is 16.3. The van der Waals surface area contributed by atoms with Crippen molar-refractivity contribution in [2.45, 2.75) is 46.3 Å². The van der Waals surface area contributed by atoms with Crippen LogP contribution in [0.3, 0.4) is 0 Å². The quantitative estimate of drug-likeness (QED) is 0.669. The van der Waals surface area contributed by atoms with Gasteiger partial charge < -0.3 is 15.1 Å². The molecule has 118 valence electrons. The van der Waals surface area contributed by atoms with Crippen molar-refractivity contribution in [3.63, 3.8) is 0 Å². The van der Waals surface area contributed by atoms with Crippen LogP contribution in [-0.2, 0) is 16.1 Å². The van der Waals surface area contributed by atoms with Crippen LogP contribution in [0.2, 0.25) is 0 Å². The lowest BCUT2D eigenvalue weighted by Gasteiger charge is -2.19.